The third kappa shape index (κ3) is 2.60. The molecule has 0 amide bonds. The van der Waals surface area contributed by atoms with Gasteiger partial charge in [-0.1, -0.05) is 0 Å². The molecule has 1 atom stereocenters. The van der Waals surface area contributed by atoms with Gasteiger partial charge in [-0.3, -0.25) is 4.98 Å². The lowest BCUT2D eigenvalue weighted by Gasteiger charge is -2.08. The van der Waals surface area contributed by atoms with Gasteiger partial charge in [0, 0.05) is 32.5 Å². The van der Waals surface area contributed by atoms with E-state index >= 15 is 0 Å². The largest absolute Gasteiger partial charge is 0.388 e. The molecule has 0 aliphatic rings. The number of ether oxygens (including phenoxy) is 1. The Morgan fingerprint density at radius 2 is 2.17 bits per heavy atom. The van der Waals surface area contributed by atoms with Crippen LogP contribution in [0.25, 0.3) is 0 Å². The first-order valence-electron chi connectivity index (χ1n) is 3.91. The highest BCUT2D eigenvalue weighted by Crippen LogP contribution is 2.14. The molecule has 0 aliphatic carbocycles. The van der Waals surface area contributed by atoms with Crippen LogP contribution in [0.3, 0.4) is 0 Å². The van der Waals surface area contributed by atoms with Crippen molar-refractivity contribution in [2.24, 2.45) is 0 Å². The lowest BCUT2D eigenvalue weighted by Crippen LogP contribution is -2.01. The molecule has 1 heterocycles. The van der Waals surface area contributed by atoms with E-state index in [-0.39, 0.29) is 0 Å². The van der Waals surface area contributed by atoms with E-state index in [0.717, 1.165) is 5.56 Å². The number of pyridine rings is 1. The zero-order valence-electron chi connectivity index (χ0n) is 7.10. The Hall–Kier alpha value is -0.930. The predicted molar refractivity (Wildman–Crippen MR) is 45.7 cm³/mol. The lowest BCUT2D eigenvalue weighted by molar-refractivity contribution is 0.110. The highest BCUT2D eigenvalue weighted by molar-refractivity contribution is 5.12. The molecule has 12 heavy (non-hydrogen) atoms. The molecule has 0 fully saturated rings. The van der Waals surface area contributed by atoms with Crippen molar-refractivity contribution < 1.29 is 9.84 Å². The molecule has 66 valence electrons. The number of aromatic nitrogens is 1. The Morgan fingerprint density at radius 1 is 1.50 bits per heavy atom. The number of methoxy groups -OCH3 is 1. The van der Waals surface area contributed by atoms with Crippen molar-refractivity contribution >= 4 is 0 Å². The second-order valence-electron chi connectivity index (χ2n) is 2.58. The molecule has 0 aromatic carbocycles. The Morgan fingerprint density at radius 3 is 2.75 bits per heavy atom. The maximum absolute atomic E-state index is 9.54. The maximum Gasteiger partial charge on any atom is 0.0813 e. The molecule has 1 rings (SSSR count). The van der Waals surface area contributed by atoms with Crippen molar-refractivity contribution in [3.63, 3.8) is 0 Å². The van der Waals surface area contributed by atoms with Gasteiger partial charge in [-0.25, -0.2) is 0 Å². The first-order chi connectivity index (χ1) is 5.84. The van der Waals surface area contributed by atoms with Crippen LogP contribution >= 0.6 is 0 Å². The molecule has 0 saturated heterocycles. The Balaban J connectivity index is 2.48. The van der Waals surface area contributed by atoms with Crippen molar-refractivity contribution in [3.05, 3.63) is 30.1 Å². The van der Waals surface area contributed by atoms with E-state index in [1.54, 1.807) is 31.6 Å². The van der Waals surface area contributed by atoms with Gasteiger partial charge in [0.15, 0.2) is 0 Å². The SMILES string of the molecule is COCCC(O)c1ccncc1. The van der Waals surface area contributed by atoms with Crippen molar-refractivity contribution in [2.75, 3.05) is 13.7 Å². The average Bonchev–Trinajstić information content (AvgIpc) is 2.15. The fourth-order valence-electron chi connectivity index (χ4n) is 0.982. The van der Waals surface area contributed by atoms with Crippen molar-refractivity contribution in [2.45, 2.75) is 12.5 Å². The van der Waals surface area contributed by atoms with Crippen LogP contribution in [-0.4, -0.2) is 23.8 Å². The molecule has 0 saturated carbocycles. The van der Waals surface area contributed by atoms with E-state index < -0.39 is 6.10 Å². The monoisotopic (exact) mass is 167 g/mol. The van der Waals surface area contributed by atoms with Crippen LogP contribution in [0.15, 0.2) is 24.5 Å². The Kier molecular flexibility index (Phi) is 3.70. The third-order valence-electron chi connectivity index (χ3n) is 1.69. The summed E-state index contributed by atoms with van der Waals surface area (Å²) in [5.74, 6) is 0. The molecule has 1 aromatic rings. The fourth-order valence-corrected chi connectivity index (χ4v) is 0.982. The standard InChI is InChI=1S/C9H13NO2/c1-12-7-4-9(11)8-2-5-10-6-3-8/h2-3,5-6,9,11H,4,7H2,1H3. The van der Waals surface area contributed by atoms with E-state index in [1.807, 2.05) is 0 Å². The number of hydrogen-bond donors (Lipinski definition) is 1. The molecule has 1 unspecified atom stereocenters. The van der Waals surface area contributed by atoms with Gasteiger partial charge in [0.2, 0.25) is 0 Å². The summed E-state index contributed by atoms with van der Waals surface area (Å²) in [5, 5.41) is 9.54. The van der Waals surface area contributed by atoms with Gasteiger partial charge in [-0.05, 0) is 17.7 Å². The summed E-state index contributed by atoms with van der Waals surface area (Å²) in [7, 11) is 1.62. The van der Waals surface area contributed by atoms with Gasteiger partial charge in [-0.15, -0.1) is 0 Å². The molecule has 0 bridgehead atoms. The van der Waals surface area contributed by atoms with Crippen molar-refractivity contribution in [1.29, 1.82) is 0 Å². The molecule has 0 radical (unpaired) electrons. The second-order valence-corrected chi connectivity index (χ2v) is 2.58. The summed E-state index contributed by atoms with van der Waals surface area (Å²) in [6.45, 7) is 0.573. The summed E-state index contributed by atoms with van der Waals surface area (Å²) < 4.78 is 4.86. The van der Waals surface area contributed by atoms with E-state index in [2.05, 4.69) is 4.98 Å². The summed E-state index contributed by atoms with van der Waals surface area (Å²) in [4.78, 5) is 3.87. The maximum atomic E-state index is 9.54. The summed E-state index contributed by atoms with van der Waals surface area (Å²) >= 11 is 0. The first-order valence-corrected chi connectivity index (χ1v) is 3.91. The molecule has 3 heteroatoms. The molecule has 3 nitrogen and oxygen atoms in total. The van der Waals surface area contributed by atoms with E-state index in [4.69, 9.17) is 4.74 Å². The lowest BCUT2D eigenvalue weighted by atomic mass is 10.1. The van der Waals surface area contributed by atoms with Gasteiger partial charge in [0.25, 0.3) is 0 Å². The van der Waals surface area contributed by atoms with E-state index in [1.165, 1.54) is 0 Å². The van der Waals surface area contributed by atoms with Gasteiger partial charge in [-0.2, -0.15) is 0 Å². The van der Waals surface area contributed by atoms with E-state index in [0.29, 0.717) is 13.0 Å². The zero-order chi connectivity index (χ0) is 8.81. The molecule has 0 aliphatic heterocycles. The first kappa shape index (κ1) is 9.16. The van der Waals surface area contributed by atoms with Gasteiger partial charge in [0.05, 0.1) is 6.10 Å². The number of rotatable bonds is 4. The third-order valence-corrected chi connectivity index (χ3v) is 1.69. The molecule has 0 spiro atoms. The van der Waals surface area contributed by atoms with Crippen LogP contribution in [0.2, 0.25) is 0 Å². The van der Waals surface area contributed by atoms with Gasteiger partial charge < -0.3 is 9.84 Å². The minimum absolute atomic E-state index is 0.437. The second kappa shape index (κ2) is 4.85. The van der Waals surface area contributed by atoms with Gasteiger partial charge >= 0.3 is 0 Å². The number of aliphatic hydroxyl groups excluding tert-OH is 1. The Labute approximate surface area is 72.0 Å². The van der Waals surface area contributed by atoms with Crippen LogP contribution in [0, 0.1) is 0 Å². The molecular formula is C9H13NO2. The number of nitrogens with zero attached hydrogens (tertiary/aromatic N) is 1. The molecule has 1 N–H and O–H groups in total. The Bertz CT molecular complexity index is 213. The smallest absolute Gasteiger partial charge is 0.0813 e. The predicted octanol–water partition coefficient (Wildman–Crippen LogP) is 1.15. The van der Waals surface area contributed by atoms with E-state index in [9.17, 15) is 5.11 Å². The summed E-state index contributed by atoms with van der Waals surface area (Å²) in [5.41, 5.74) is 0.891. The van der Waals surface area contributed by atoms with Gasteiger partial charge in [0.1, 0.15) is 0 Å². The summed E-state index contributed by atoms with van der Waals surface area (Å²) in [6.07, 6.45) is 3.53. The topological polar surface area (TPSA) is 42.4 Å². The average molecular weight is 167 g/mol. The number of aliphatic hydroxyl groups is 1. The summed E-state index contributed by atoms with van der Waals surface area (Å²) in [6, 6.07) is 3.61. The highest BCUT2D eigenvalue weighted by Gasteiger charge is 2.05. The minimum Gasteiger partial charge on any atom is -0.388 e. The number of hydrogen-bond acceptors (Lipinski definition) is 3. The van der Waals surface area contributed by atoms with Crippen LogP contribution in [0.5, 0.6) is 0 Å². The normalized spacial score (nSPS) is 12.8. The van der Waals surface area contributed by atoms with Crippen LogP contribution in [0.1, 0.15) is 18.1 Å². The van der Waals surface area contributed by atoms with Crippen molar-refractivity contribution in [1.82, 2.24) is 4.98 Å². The van der Waals surface area contributed by atoms with Crippen molar-refractivity contribution in [3.8, 4) is 0 Å². The van der Waals surface area contributed by atoms with Crippen LogP contribution in [-0.2, 0) is 4.74 Å². The quantitative estimate of drug-likeness (QED) is 0.731. The molecular weight excluding hydrogens is 154 g/mol. The molecule has 1 aromatic heterocycles. The zero-order valence-corrected chi connectivity index (χ0v) is 7.10. The van der Waals surface area contributed by atoms with Crippen LogP contribution in [0.4, 0.5) is 0 Å². The van der Waals surface area contributed by atoms with Crippen LogP contribution < -0.4 is 0 Å². The minimum atomic E-state index is -0.437. The highest BCUT2D eigenvalue weighted by atomic mass is 16.5. The fraction of sp³-hybridized carbons (Fsp3) is 0.444.